The van der Waals surface area contributed by atoms with Gasteiger partial charge in [-0.15, -0.1) is 0 Å². The third-order valence-corrected chi connectivity index (χ3v) is 5.70. The Kier molecular flexibility index (Phi) is 4.81. The summed E-state index contributed by atoms with van der Waals surface area (Å²) in [4.78, 5) is 11.7. The van der Waals surface area contributed by atoms with E-state index in [4.69, 9.17) is 10.5 Å². The van der Waals surface area contributed by atoms with Crippen LogP contribution in [-0.4, -0.2) is 37.9 Å². The van der Waals surface area contributed by atoms with Crippen LogP contribution in [0.2, 0.25) is 0 Å². The second-order valence-corrected chi connectivity index (χ2v) is 7.19. The average molecular weight is 356 g/mol. The van der Waals surface area contributed by atoms with Crippen molar-refractivity contribution in [2.45, 2.75) is 37.4 Å². The van der Waals surface area contributed by atoms with Crippen LogP contribution in [0, 0.1) is 11.8 Å². The van der Waals surface area contributed by atoms with Gasteiger partial charge in [-0.3, -0.25) is 0 Å². The van der Waals surface area contributed by atoms with E-state index in [0.29, 0.717) is 12.0 Å². The summed E-state index contributed by atoms with van der Waals surface area (Å²) in [5.41, 5.74) is 8.65. The first-order valence-electron chi connectivity index (χ1n) is 8.49. The fourth-order valence-electron chi connectivity index (χ4n) is 4.36. The molecule has 2 aliphatic rings. The van der Waals surface area contributed by atoms with Crippen molar-refractivity contribution >= 4 is 5.97 Å². The van der Waals surface area contributed by atoms with Gasteiger partial charge in [-0.05, 0) is 60.8 Å². The minimum atomic E-state index is -4.24. The molecule has 1 fully saturated rings. The number of nitrogens with one attached hydrogen (secondary N) is 1. The number of nitrogens with two attached hydrogens (primary N) is 1. The number of esters is 1. The van der Waals surface area contributed by atoms with Crippen molar-refractivity contribution in [2.24, 2.45) is 17.6 Å². The third-order valence-electron chi connectivity index (χ3n) is 5.70. The number of rotatable bonds is 4. The van der Waals surface area contributed by atoms with Crippen molar-refractivity contribution < 1.29 is 22.7 Å². The van der Waals surface area contributed by atoms with Crippen LogP contribution in [0.15, 0.2) is 18.2 Å². The number of benzene rings is 1. The van der Waals surface area contributed by atoms with Gasteiger partial charge in [0.25, 0.3) is 0 Å². The van der Waals surface area contributed by atoms with Crippen LogP contribution in [0.4, 0.5) is 13.2 Å². The van der Waals surface area contributed by atoms with Crippen LogP contribution in [0.1, 0.15) is 34.3 Å². The molecule has 3 atom stereocenters. The molecular formula is C18H23F3N2O2. The van der Waals surface area contributed by atoms with Crippen molar-refractivity contribution in [3.05, 3.63) is 34.9 Å². The van der Waals surface area contributed by atoms with Crippen LogP contribution < -0.4 is 11.1 Å². The minimum absolute atomic E-state index is 0.104. The quantitative estimate of drug-likeness (QED) is 0.814. The normalized spacial score (nSPS) is 28.4. The predicted molar refractivity (Wildman–Crippen MR) is 87.2 cm³/mol. The number of alkyl halides is 3. The van der Waals surface area contributed by atoms with Crippen molar-refractivity contribution in [2.75, 3.05) is 20.2 Å². The Labute approximate surface area is 144 Å². The monoisotopic (exact) mass is 356 g/mol. The average Bonchev–Trinajstić information content (AvgIpc) is 2.75. The fraction of sp³-hybridized carbons (Fsp3) is 0.611. The second-order valence-electron chi connectivity index (χ2n) is 7.19. The van der Waals surface area contributed by atoms with Crippen molar-refractivity contribution in [1.29, 1.82) is 0 Å². The van der Waals surface area contributed by atoms with Gasteiger partial charge >= 0.3 is 12.1 Å². The number of hydrogen-bond donors (Lipinski definition) is 2. The number of halogens is 3. The number of ether oxygens (including phenoxy) is 1. The molecule has 2 bridgehead atoms. The number of methoxy groups -OCH3 is 1. The van der Waals surface area contributed by atoms with Gasteiger partial charge in [0.2, 0.25) is 0 Å². The highest BCUT2D eigenvalue weighted by atomic mass is 19.4. The summed E-state index contributed by atoms with van der Waals surface area (Å²) in [6, 6.07) is 5.50. The zero-order valence-electron chi connectivity index (χ0n) is 14.2. The fourth-order valence-corrected chi connectivity index (χ4v) is 4.36. The van der Waals surface area contributed by atoms with Crippen molar-refractivity contribution in [1.82, 2.24) is 5.32 Å². The maximum atomic E-state index is 12.4. The van der Waals surface area contributed by atoms with Crippen LogP contribution in [-0.2, 0) is 17.6 Å². The van der Waals surface area contributed by atoms with Gasteiger partial charge in [-0.2, -0.15) is 13.2 Å². The van der Waals surface area contributed by atoms with Gasteiger partial charge in [0.1, 0.15) is 0 Å². The third kappa shape index (κ3) is 3.67. The summed E-state index contributed by atoms with van der Waals surface area (Å²) in [5, 5.41) is 2.51. The highest BCUT2D eigenvalue weighted by Gasteiger charge is 2.49. The first kappa shape index (κ1) is 18.2. The second kappa shape index (κ2) is 6.61. The summed E-state index contributed by atoms with van der Waals surface area (Å²) in [6.45, 7) is -0.871. The van der Waals surface area contributed by atoms with E-state index in [-0.39, 0.29) is 24.3 Å². The first-order chi connectivity index (χ1) is 11.7. The van der Waals surface area contributed by atoms with E-state index in [1.807, 2.05) is 12.1 Å². The summed E-state index contributed by atoms with van der Waals surface area (Å²) < 4.78 is 42.1. The highest BCUT2D eigenvalue weighted by molar-refractivity contribution is 5.89. The summed E-state index contributed by atoms with van der Waals surface area (Å²) in [7, 11) is 1.34. The highest BCUT2D eigenvalue weighted by Crippen LogP contribution is 2.45. The van der Waals surface area contributed by atoms with E-state index in [1.165, 1.54) is 7.11 Å². The predicted octanol–water partition coefficient (Wildman–Crippen LogP) is 2.45. The van der Waals surface area contributed by atoms with Crippen LogP contribution in [0.5, 0.6) is 0 Å². The molecule has 0 aromatic heterocycles. The lowest BCUT2D eigenvalue weighted by molar-refractivity contribution is -0.125. The Morgan fingerprint density at radius 3 is 2.52 bits per heavy atom. The molecule has 0 unspecified atom stereocenters. The Hall–Kier alpha value is -1.60. The summed E-state index contributed by atoms with van der Waals surface area (Å²) in [6.07, 6.45) is -0.999. The first-order valence-corrected chi connectivity index (χ1v) is 8.49. The van der Waals surface area contributed by atoms with Gasteiger partial charge < -0.3 is 15.8 Å². The van der Waals surface area contributed by atoms with Crippen molar-refractivity contribution in [3.8, 4) is 0 Å². The van der Waals surface area contributed by atoms with Crippen LogP contribution in [0.3, 0.4) is 0 Å². The van der Waals surface area contributed by atoms with Gasteiger partial charge in [0, 0.05) is 12.1 Å². The standard InChI is InChI=1S/C18H23F3N2O2/c1-25-16(24)12-3-2-11-7-14-4-5-15(8-13(11)6-12)17(14,22)9-23-10-18(19,20)21/h2-3,6,14-15,23H,4-5,7-10,22H2,1H3/t14-,15+,17-/m1/s1. The van der Waals surface area contributed by atoms with Crippen LogP contribution in [0.25, 0.3) is 0 Å². The molecule has 0 amide bonds. The van der Waals surface area contributed by atoms with E-state index < -0.39 is 18.3 Å². The molecule has 0 aliphatic heterocycles. The van der Waals surface area contributed by atoms with Gasteiger partial charge in [-0.25, -0.2) is 4.79 Å². The zero-order chi connectivity index (χ0) is 18.2. The molecule has 0 saturated heterocycles. The lowest BCUT2D eigenvalue weighted by atomic mass is 9.79. The minimum Gasteiger partial charge on any atom is -0.465 e. The molecule has 2 aliphatic carbocycles. The molecular weight excluding hydrogens is 333 g/mol. The number of carbonyl (C=O) groups excluding carboxylic acids is 1. The maximum absolute atomic E-state index is 12.4. The lowest BCUT2D eigenvalue weighted by Crippen LogP contribution is -2.57. The molecule has 1 saturated carbocycles. The van der Waals surface area contributed by atoms with Crippen LogP contribution >= 0.6 is 0 Å². The van der Waals surface area contributed by atoms with Crippen molar-refractivity contribution in [3.63, 3.8) is 0 Å². The Morgan fingerprint density at radius 2 is 1.92 bits per heavy atom. The Bertz CT molecular complexity index is 662. The zero-order valence-corrected chi connectivity index (χ0v) is 14.2. The Balaban J connectivity index is 1.79. The number of fused-ring (bicyclic) bond motifs is 3. The molecule has 1 aromatic rings. The number of hydrogen-bond acceptors (Lipinski definition) is 4. The number of carbonyl (C=O) groups is 1. The molecule has 0 spiro atoms. The SMILES string of the molecule is COC(=O)c1ccc2c(c1)C[C@@H]1CC[C@H](C2)[C@]1(N)CNCC(F)(F)F. The van der Waals surface area contributed by atoms with E-state index in [2.05, 4.69) is 5.32 Å². The lowest BCUT2D eigenvalue weighted by Gasteiger charge is -2.35. The topological polar surface area (TPSA) is 64.3 Å². The van der Waals surface area contributed by atoms with Gasteiger partial charge in [0.15, 0.2) is 0 Å². The molecule has 1 aromatic carbocycles. The summed E-state index contributed by atoms with van der Waals surface area (Å²) >= 11 is 0. The molecule has 138 valence electrons. The molecule has 4 nitrogen and oxygen atoms in total. The molecule has 0 radical (unpaired) electrons. The molecule has 25 heavy (non-hydrogen) atoms. The Morgan fingerprint density at radius 1 is 1.28 bits per heavy atom. The molecule has 7 heteroatoms. The van der Waals surface area contributed by atoms with E-state index in [9.17, 15) is 18.0 Å². The smallest absolute Gasteiger partial charge is 0.401 e. The largest absolute Gasteiger partial charge is 0.465 e. The molecule has 0 heterocycles. The van der Waals surface area contributed by atoms with Gasteiger partial charge in [-0.1, -0.05) is 6.07 Å². The van der Waals surface area contributed by atoms with E-state index >= 15 is 0 Å². The summed E-state index contributed by atoms with van der Waals surface area (Å²) in [5.74, 6) is -0.140. The van der Waals surface area contributed by atoms with E-state index in [1.54, 1.807) is 6.07 Å². The van der Waals surface area contributed by atoms with E-state index in [0.717, 1.165) is 30.4 Å². The molecule has 3 rings (SSSR count). The van der Waals surface area contributed by atoms with Gasteiger partial charge in [0.05, 0.1) is 19.2 Å². The maximum Gasteiger partial charge on any atom is 0.401 e. The molecule has 3 N–H and O–H groups in total.